The first kappa shape index (κ1) is 15.4. The molecule has 0 aliphatic rings. The molecule has 0 heterocycles. The lowest BCUT2D eigenvalue weighted by Crippen LogP contribution is -2.14. The zero-order valence-corrected chi connectivity index (χ0v) is 12.2. The van der Waals surface area contributed by atoms with E-state index in [-0.39, 0.29) is 11.6 Å². The summed E-state index contributed by atoms with van der Waals surface area (Å²) in [6.07, 6.45) is 1.00. The second-order valence-corrected chi connectivity index (χ2v) is 4.83. The van der Waals surface area contributed by atoms with Crippen LogP contribution in [-0.4, -0.2) is 13.7 Å². The van der Waals surface area contributed by atoms with Crippen LogP contribution in [0.2, 0.25) is 0 Å². The van der Waals surface area contributed by atoms with Gasteiger partial charge in [-0.2, -0.15) is 0 Å². The number of rotatable bonds is 6. The van der Waals surface area contributed by atoms with Gasteiger partial charge in [-0.15, -0.1) is 0 Å². The molecule has 0 amide bonds. The molecule has 0 atom stereocenters. The van der Waals surface area contributed by atoms with Crippen LogP contribution in [0.15, 0.2) is 36.4 Å². The number of nitrogens with one attached hydrogen (secondary N) is 1. The molecule has 2 rings (SSSR count). The molecule has 2 nitrogen and oxygen atoms in total. The van der Waals surface area contributed by atoms with E-state index in [0.29, 0.717) is 23.2 Å². The summed E-state index contributed by atoms with van der Waals surface area (Å²) in [6, 6.07) is 9.57. The highest BCUT2D eigenvalue weighted by atomic mass is 19.1. The fraction of sp³-hybridized carbons (Fsp3) is 0.294. The molecule has 1 N–H and O–H groups in total. The molecule has 0 spiro atoms. The van der Waals surface area contributed by atoms with E-state index in [1.54, 1.807) is 24.3 Å². The zero-order valence-electron chi connectivity index (χ0n) is 12.2. The van der Waals surface area contributed by atoms with Gasteiger partial charge in [-0.1, -0.05) is 25.1 Å². The summed E-state index contributed by atoms with van der Waals surface area (Å²) >= 11 is 0. The summed E-state index contributed by atoms with van der Waals surface area (Å²) in [5.74, 6) is -0.559. The number of ether oxygens (including phenoxy) is 1. The minimum absolute atomic E-state index is 0.180. The molecule has 112 valence electrons. The van der Waals surface area contributed by atoms with E-state index in [1.807, 2.05) is 0 Å². The largest absolute Gasteiger partial charge is 0.494 e. The van der Waals surface area contributed by atoms with Crippen molar-refractivity contribution in [3.63, 3.8) is 0 Å². The van der Waals surface area contributed by atoms with Crippen LogP contribution in [0.25, 0.3) is 11.1 Å². The Morgan fingerprint density at radius 3 is 2.24 bits per heavy atom. The van der Waals surface area contributed by atoms with Crippen molar-refractivity contribution >= 4 is 0 Å². The maximum absolute atomic E-state index is 14.1. The quantitative estimate of drug-likeness (QED) is 0.808. The lowest BCUT2D eigenvalue weighted by molar-refractivity contribution is 0.386. The van der Waals surface area contributed by atoms with Gasteiger partial charge in [-0.3, -0.25) is 0 Å². The molecule has 0 aromatic heterocycles. The van der Waals surface area contributed by atoms with Gasteiger partial charge in [-0.05, 0) is 42.3 Å². The first-order valence-corrected chi connectivity index (χ1v) is 6.98. The molecule has 0 unspecified atom stereocenters. The fourth-order valence-corrected chi connectivity index (χ4v) is 2.12. The first-order chi connectivity index (χ1) is 10.2. The van der Waals surface area contributed by atoms with Crippen molar-refractivity contribution in [2.75, 3.05) is 13.7 Å². The number of benzene rings is 2. The molecular formula is C17H19F2NO. The van der Waals surface area contributed by atoms with Crippen molar-refractivity contribution in [1.82, 2.24) is 5.32 Å². The Balaban J connectivity index is 2.21. The highest BCUT2D eigenvalue weighted by Crippen LogP contribution is 2.26. The van der Waals surface area contributed by atoms with Crippen LogP contribution in [0.4, 0.5) is 8.78 Å². The van der Waals surface area contributed by atoms with Crippen LogP contribution < -0.4 is 10.1 Å². The van der Waals surface area contributed by atoms with Crippen molar-refractivity contribution < 1.29 is 13.5 Å². The Morgan fingerprint density at radius 2 is 1.67 bits per heavy atom. The second kappa shape index (κ2) is 7.18. The summed E-state index contributed by atoms with van der Waals surface area (Å²) < 4.78 is 32.6. The maximum atomic E-state index is 14.1. The molecule has 0 bridgehead atoms. The Bertz CT molecular complexity index is 614. The van der Waals surface area contributed by atoms with E-state index in [0.717, 1.165) is 13.0 Å². The minimum Gasteiger partial charge on any atom is -0.494 e. The van der Waals surface area contributed by atoms with Gasteiger partial charge in [0.25, 0.3) is 0 Å². The highest BCUT2D eigenvalue weighted by Gasteiger charge is 2.08. The average Bonchev–Trinajstić information content (AvgIpc) is 2.49. The average molecular weight is 291 g/mol. The molecule has 0 saturated heterocycles. The topological polar surface area (TPSA) is 21.3 Å². The summed E-state index contributed by atoms with van der Waals surface area (Å²) in [7, 11) is 1.41. The van der Waals surface area contributed by atoms with Crippen molar-refractivity contribution in [3.05, 3.63) is 53.6 Å². The third kappa shape index (κ3) is 3.79. The predicted octanol–water partition coefficient (Wildman–Crippen LogP) is 4.14. The zero-order chi connectivity index (χ0) is 15.2. The molecular weight excluding hydrogens is 272 g/mol. The van der Waals surface area contributed by atoms with Crippen molar-refractivity contribution in [2.24, 2.45) is 0 Å². The predicted molar refractivity (Wildman–Crippen MR) is 80.3 cm³/mol. The molecule has 0 radical (unpaired) electrons. The van der Waals surface area contributed by atoms with Gasteiger partial charge in [0.1, 0.15) is 5.82 Å². The van der Waals surface area contributed by atoms with Crippen LogP contribution in [0.5, 0.6) is 5.75 Å². The number of methoxy groups -OCH3 is 1. The normalized spacial score (nSPS) is 10.7. The Kier molecular flexibility index (Phi) is 5.28. The summed E-state index contributed by atoms with van der Waals surface area (Å²) in [5, 5.41) is 3.16. The van der Waals surface area contributed by atoms with Gasteiger partial charge in [-0.25, -0.2) is 8.78 Å². The Hall–Kier alpha value is -1.94. The maximum Gasteiger partial charge on any atom is 0.165 e. The van der Waals surface area contributed by atoms with Crippen molar-refractivity contribution in [1.29, 1.82) is 0 Å². The summed E-state index contributed by atoms with van der Waals surface area (Å²) in [5.41, 5.74) is 1.88. The van der Waals surface area contributed by atoms with E-state index >= 15 is 0 Å². The van der Waals surface area contributed by atoms with Gasteiger partial charge in [0.05, 0.1) is 7.11 Å². The lowest BCUT2D eigenvalue weighted by atomic mass is 10.0. The van der Waals surface area contributed by atoms with E-state index < -0.39 is 5.82 Å². The molecule has 0 aliphatic heterocycles. The fourth-order valence-electron chi connectivity index (χ4n) is 2.12. The van der Waals surface area contributed by atoms with Crippen LogP contribution in [0, 0.1) is 11.6 Å². The molecule has 21 heavy (non-hydrogen) atoms. The Labute approximate surface area is 123 Å². The molecule has 0 saturated carbocycles. The van der Waals surface area contributed by atoms with Gasteiger partial charge < -0.3 is 10.1 Å². The Morgan fingerprint density at radius 1 is 1.00 bits per heavy atom. The standard InChI is InChI=1S/C17H19F2NO/c1-3-8-20-11-14-5-4-12(9-15(14)18)13-6-7-17(21-2)16(19)10-13/h4-7,9-10,20H,3,8,11H2,1-2H3. The molecule has 0 fully saturated rings. The smallest absolute Gasteiger partial charge is 0.165 e. The summed E-state index contributed by atoms with van der Waals surface area (Å²) in [4.78, 5) is 0. The minimum atomic E-state index is -0.455. The molecule has 4 heteroatoms. The van der Waals surface area contributed by atoms with Crippen LogP contribution in [-0.2, 0) is 6.54 Å². The lowest BCUT2D eigenvalue weighted by Gasteiger charge is -2.09. The highest BCUT2D eigenvalue weighted by molar-refractivity contribution is 5.65. The molecule has 2 aromatic carbocycles. The van der Waals surface area contributed by atoms with E-state index in [1.165, 1.54) is 19.2 Å². The van der Waals surface area contributed by atoms with E-state index in [9.17, 15) is 8.78 Å². The van der Waals surface area contributed by atoms with Gasteiger partial charge in [0, 0.05) is 12.1 Å². The third-order valence-corrected chi connectivity index (χ3v) is 3.28. The third-order valence-electron chi connectivity index (χ3n) is 3.28. The van der Waals surface area contributed by atoms with Crippen LogP contribution in [0.3, 0.4) is 0 Å². The van der Waals surface area contributed by atoms with E-state index in [4.69, 9.17) is 4.74 Å². The number of hydrogen-bond acceptors (Lipinski definition) is 2. The summed E-state index contributed by atoms with van der Waals surface area (Å²) in [6.45, 7) is 3.41. The van der Waals surface area contributed by atoms with Gasteiger partial charge >= 0.3 is 0 Å². The van der Waals surface area contributed by atoms with Crippen molar-refractivity contribution in [2.45, 2.75) is 19.9 Å². The first-order valence-electron chi connectivity index (χ1n) is 6.98. The molecule has 0 aliphatic carbocycles. The SMILES string of the molecule is CCCNCc1ccc(-c2ccc(OC)c(F)c2)cc1F. The molecule has 2 aromatic rings. The van der Waals surface area contributed by atoms with Crippen LogP contribution >= 0.6 is 0 Å². The number of halogens is 2. The van der Waals surface area contributed by atoms with Crippen molar-refractivity contribution in [3.8, 4) is 16.9 Å². The number of hydrogen-bond donors (Lipinski definition) is 1. The second-order valence-electron chi connectivity index (χ2n) is 4.83. The van der Waals surface area contributed by atoms with Crippen LogP contribution in [0.1, 0.15) is 18.9 Å². The van der Waals surface area contributed by atoms with Gasteiger partial charge in [0.2, 0.25) is 0 Å². The monoisotopic (exact) mass is 291 g/mol. The van der Waals surface area contributed by atoms with Gasteiger partial charge in [0.15, 0.2) is 11.6 Å². The van der Waals surface area contributed by atoms with E-state index in [2.05, 4.69) is 12.2 Å².